The largest absolute Gasteiger partial charge is 0.463 e. The molecule has 1 rings (SSSR count). The van der Waals surface area contributed by atoms with Crippen LogP contribution in [-0.2, 0) is 16.0 Å². The zero-order valence-corrected chi connectivity index (χ0v) is 7.99. The number of rotatable bonds is 3. The van der Waals surface area contributed by atoms with Crippen LogP contribution in [0.2, 0.25) is 0 Å². The van der Waals surface area contributed by atoms with Gasteiger partial charge in [0.25, 0.3) is 0 Å². The lowest BCUT2D eigenvalue weighted by atomic mass is 10.1. The molecular weight excluding hydrogens is 164 g/mol. The topological polar surface area (TPSA) is 26.3 Å². The van der Waals surface area contributed by atoms with E-state index in [1.807, 2.05) is 37.3 Å². The second-order valence-corrected chi connectivity index (χ2v) is 3.11. The molecule has 0 fully saturated rings. The van der Waals surface area contributed by atoms with Gasteiger partial charge in [-0.2, -0.15) is 0 Å². The van der Waals surface area contributed by atoms with Crippen molar-refractivity contribution in [2.75, 3.05) is 0 Å². The van der Waals surface area contributed by atoms with Gasteiger partial charge in [0, 0.05) is 13.3 Å². The normalized spacial score (nSPS) is 12.2. The first-order valence-electron chi connectivity index (χ1n) is 4.39. The van der Waals surface area contributed by atoms with Gasteiger partial charge in [-0.25, -0.2) is 0 Å². The van der Waals surface area contributed by atoms with Crippen molar-refractivity contribution in [2.24, 2.45) is 0 Å². The molecule has 2 nitrogen and oxygen atoms in total. The Morgan fingerprint density at radius 2 is 2.00 bits per heavy atom. The predicted octanol–water partition coefficient (Wildman–Crippen LogP) is 2.18. The van der Waals surface area contributed by atoms with E-state index in [-0.39, 0.29) is 12.1 Å². The molecule has 0 aliphatic heterocycles. The number of hydrogen-bond acceptors (Lipinski definition) is 2. The number of hydrogen-bond donors (Lipinski definition) is 0. The third-order valence-electron chi connectivity index (χ3n) is 1.73. The van der Waals surface area contributed by atoms with Gasteiger partial charge in [-0.15, -0.1) is 0 Å². The van der Waals surface area contributed by atoms with E-state index in [1.165, 1.54) is 12.5 Å². The Labute approximate surface area is 78.5 Å². The average Bonchev–Trinajstić information content (AvgIpc) is 2.04. The van der Waals surface area contributed by atoms with E-state index < -0.39 is 0 Å². The highest BCUT2D eigenvalue weighted by atomic mass is 16.5. The summed E-state index contributed by atoms with van der Waals surface area (Å²) in [6.45, 7) is 3.33. The molecule has 0 aliphatic rings. The van der Waals surface area contributed by atoms with Crippen LogP contribution >= 0.6 is 0 Å². The maximum atomic E-state index is 10.6. The van der Waals surface area contributed by atoms with Gasteiger partial charge in [0.15, 0.2) is 0 Å². The maximum Gasteiger partial charge on any atom is 0.302 e. The smallest absolute Gasteiger partial charge is 0.302 e. The lowest BCUT2D eigenvalue weighted by Gasteiger charge is -2.11. The van der Waals surface area contributed by atoms with Crippen LogP contribution in [0.3, 0.4) is 0 Å². The standard InChI is InChI=1S/C11H14O2/c1-9(13-10(2)12)8-11-6-4-3-5-7-11/h3-7,9H,8H2,1-2H3. The van der Waals surface area contributed by atoms with Crippen molar-refractivity contribution in [3.05, 3.63) is 35.9 Å². The van der Waals surface area contributed by atoms with Crippen LogP contribution in [-0.4, -0.2) is 12.1 Å². The highest BCUT2D eigenvalue weighted by molar-refractivity contribution is 5.66. The van der Waals surface area contributed by atoms with Crippen molar-refractivity contribution < 1.29 is 9.53 Å². The van der Waals surface area contributed by atoms with Crippen LogP contribution in [0.15, 0.2) is 30.3 Å². The van der Waals surface area contributed by atoms with Crippen LogP contribution in [0.4, 0.5) is 0 Å². The highest BCUT2D eigenvalue weighted by Crippen LogP contribution is 2.05. The Morgan fingerprint density at radius 3 is 2.54 bits per heavy atom. The van der Waals surface area contributed by atoms with E-state index in [9.17, 15) is 4.79 Å². The van der Waals surface area contributed by atoms with Crippen LogP contribution in [0.25, 0.3) is 0 Å². The van der Waals surface area contributed by atoms with Gasteiger partial charge in [0.2, 0.25) is 0 Å². The summed E-state index contributed by atoms with van der Waals surface area (Å²) in [4.78, 5) is 10.6. The Morgan fingerprint density at radius 1 is 1.38 bits per heavy atom. The molecule has 0 aromatic heterocycles. The molecule has 1 aromatic carbocycles. The fourth-order valence-corrected chi connectivity index (χ4v) is 1.27. The van der Waals surface area contributed by atoms with Crippen LogP contribution in [0.5, 0.6) is 0 Å². The molecule has 1 aromatic rings. The molecule has 0 bridgehead atoms. The third-order valence-corrected chi connectivity index (χ3v) is 1.73. The van der Waals surface area contributed by atoms with Gasteiger partial charge < -0.3 is 4.74 Å². The summed E-state index contributed by atoms with van der Waals surface area (Å²) in [7, 11) is 0. The van der Waals surface area contributed by atoms with Crippen molar-refractivity contribution >= 4 is 5.97 Å². The first-order valence-corrected chi connectivity index (χ1v) is 4.39. The Hall–Kier alpha value is -1.31. The van der Waals surface area contributed by atoms with Gasteiger partial charge in [-0.3, -0.25) is 4.79 Å². The third kappa shape index (κ3) is 3.74. The van der Waals surface area contributed by atoms with Gasteiger partial charge >= 0.3 is 5.97 Å². The molecule has 1 atom stereocenters. The Bertz CT molecular complexity index is 267. The first-order chi connectivity index (χ1) is 6.18. The average molecular weight is 178 g/mol. The van der Waals surface area contributed by atoms with Crippen LogP contribution < -0.4 is 0 Å². The molecule has 0 radical (unpaired) electrons. The summed E-state index contributed by atoms with van der Waals surface area (Å²) in [5.74, 6) is -0.219. The van der Waals surface area contributed by atoms with E-state index in [2.05, 4.69) is 0 Å². The fourth-order valence-electron chi connectivity index (χ4n) is 1.27. The minimum Gasteiger partial charge on any atom is -0.463 e. The van der Waals surface area contributed by atoms with Crippen molar-refractivity contribution in [1.82, 2.24) is 0 Å². The summed E-state index contributed by atoms with van der Waals surface area (Å²) in [5, 5.41) is 0. The molecule has 1 unspecified atom stereocenters. The number of esters is 1. The molecule has 0 spiro atoms. The van der Waals surface area contributed by atoms with Crippen molar-refractivity contribution in [2.45, 2.75) is 26.4 Å². The van der Waals surface area contributed by atoms with Crippen LogP contribution in [0.1, 0.15) is 19.4 Å². The molecule has 0 heterocycles. The first kappa shape index (κ1) is 9.78. The molecule has 0 N–H and O–H groups in total. The second-order valence-electron chi connectivity index (χ2n) is 3.11. The molecule has 70 valence electrons. The van der Waals surface area contributed by atoms with Gasteiger partial charge in [-0.05, 0) is 12.5 Å². The Kier molecular flexibility index (Phi) is 3.50. The zero-order valence-electron chi connectivity index (χ0n) is 7.99. The van der Waals surface area contributed by atoms with Crippen molar-refractivity contribution in [1.29, 1.82) is 0 Å². The lowest BCUT2D eigenvalue weighted by molar-refractivity contribution is -0.145. The quantitative estimate of drug-likeness (QED) is 0.663. The molecular formula is C11H14O2. The molecule has 2 heteroatoms. The van der Waals surface area contributed by atoms with E-state index in [0.29, 0.717) is 0 Å². The number of benzene rings is 1. The molecule has 0 aliphatic carbocycles. The summed E-state index contributed by atoms with van der Waals surface area (Å²) in [5.41, 5.74) is 1.19. The number of carbonyl (C=O) groups is 1. The summed E-state index contributed by atoms with van der Waals surface area (Å²) >= 11 is 0. The minimum absolute atomic E-state index is 0.0418. The molecule has 13 heavy (non-hydrogen) atoms. The van der Waals surface area contributed by atoms with Gasteiger partial charge in [0.1, 0.15) is 6.10 Å². The van der Waals surface area contributed by atoms with E-state index in [0.717, 1.165) is 6.42 Å². The van der Waals surface area contributed by atoms with Crippen LogP contribution in [0, 0.1) is 0 Å². The lowest BCUT2D eigenvalue weighted by Crippen LogP contribution is -2.14. The van der Waals surface area contributed by atoms with Crippen molar-refractivity contribution in [3.8, 4) is 0 Å². The fraction of sp³-hybridized carbons (Fsp3) is 0.364. The molecule has 0 amide bonds. The number of ether oxygens (including phenoxy) is 1. The van der Waals surface area contributed by atoms with E-state index in [1.54, 1.807) is 0 Å². The summed E-state index contributed by atoms with van der Waals surface area (Å²) in [6.07, 6.45) is 0.736. The number of carbonyl (C=O) groups excluding carboxylic acids is 1. The second kappa shape index (κ2) is 4.65. The van der Waals surface area contributed by atoms with Gasteiger partial charge in [0.05, 0.1) is 0 Å². The zero-order chi connectivity index (χ0) is 9.68. The SMILES string of the molecule is CC(=O)OC(C)Cc1ccccc1. The molecule has 0 saturated carbocycles. The Balaban J connectivity index is 2.45. The predicted molar refractivity (Wildman–Crippen MR) is 51.4 cm³/mol. The van der Waals surface area contributed by atoms with Crippen molar-refractivity contribution in [3.63, 3.8) is 0 Å². The summed E-state index contributed by atoms with van der Waals surface area (Å²) in [6, 6.07) is 9.99. The van der Waals surface area contributed by atoms with Gasteiger partial charge in [-0.1, -0.05) is 30.3 Å². The highest BCUT2D eigenvalue weighted by Gasteiger charge is 2.05. The maximum absolute atomic E-state index is 10.6. The monoisotopic (exact) mass is 178 g/mol. The summed E-state index contributed by atoms with van der Waals surface area (Å²) < 4.78 is 5.02. The molecule has 0 saturated heterocycles. The van der Waals surface area contributed by atoms with E-state index >= 15 is 0 Å². The van der Waals surface area contributed by atoms with E-state index in [4.69, 9.17) is 4.74 Å². The minimum atomic E-state index is -0.219.